The third-order valence-corrected chi connectivity index (χ3v) is 2.71. The van der Waals surface area contributed by atoms with Gasteiger partial charge in [-0.2, -0.15) is 0 Å². The van der Waals surface area contributed by atoms with E-state index in [2.05, 4.69) is 25.7 Å². The molecular formula is C10H22N2O. The molecule has 1 fully saturated rings. The third-order valence-electron chi connectivity index (χ3n) is 2.71. The van der Waals surface area contributed by atoms with Crippen molar-refractivity contribution >= 4 is 0 Å². The third kappa shape index (κ3) is 2.93. The number of rotatable bonds is 3. The summed E-state index contributed by atoms with van der Waals surface area (Å²) in [5, 5.41) is 0. The Kier molecular flexibility index (Phi) is 4.16. The lowest BCUT2D eigenvalue weighted by atomic mass is 10.1. The Morgan fingerprint density at radius 3 is 2.31 bits per heavy atom. The van der Waals surface area contributed by atoms with Crippen molar-refractivity contribution in [2.24, 2.45) is 5.73 Å². The van der Waals surface area contributed by atoms with Gasteiger partial charge in [-0.15, -0.1) is 0 Å². The van der Waals surface area contributed by atoms with E-state index in [0.29, 0.717) is 18.2 Å². The molecule has 0 aromatic rings. The predicted molar refractivity (Wildman–Crippen MR) is 54.7 cm³/mol. The van der Waals surface area contributed by atoms with Gasteiger partial charge in [-0.25, -0.2) is 0 Å². The topological polar surface area (TPSA) is 38.5 Å². The molecule has 1 heterocycles. The molecule has 2 N–H and O–H groups in total. The fraction of sp³-hybridized carbons (Fsp3) is 1.00. The second-order valence-electron chi connectivity index (χ2n) is 4.01. The molecule has 1 aliphatic rings. The van der Waals surface area contributed by atoms with Crippen LogP contribution >= 0.6 is 0 Å². The first-order chi connectivity index (χ1) is 6.17. The first kappa shape index (κ1) is 11.0. The fourth-order valence-corrected chi connectivity index (χ4v) is 2.09. The molecule has 1 saturated heterocycles. The number of nitrogens with zero attached hydrogens (tertiary/aromatic N) is 1. The van der Waals surface area contributed by atoms with Gasteiger partial charge in [0, 0.05) is 25.7 Å². The zero-order chi connectivity index (χ0) is 9.84. The molecule has 0 bridgehead atoms. The van der Waals surface area contributed by atoms with Gasteiger partial charge < -0.3 is 10.5 Å². The van der Waals surface area contributed by atoms with Gasteiger partial charge in [0.25, 0.3) is 0 Å². The minimum atomic E-state index is 0.351. The van der Waals surface area contributed by atoms with Gasteiger partial charge in [0.05, 0.1) is 12.2 Å². The maximum absolute atomic E-state index is 5.72. The van der Waals surface area contributed by atoms with Crippen LogP contribution in [0.1, 0.15) is 27.2 Å². The normalized spacial score (nSPS) is 33.2. The zero-order valence-corrected chi connectivity index (χ0v) is 8.99. The number of nitrogens with two attached hydrogens (primary N) is 1. The number of hydrogen-bond acceptors (Lipinski definition) is 3. The summed E-state index contributed by atoms with van der Waals surface area (Å²) >= 11 is 0. The summed E-state index contributed by atoms with van der Waals surface area (Å²) in [6, 6.07) is 0.536. The summed E-state index contributed by atoms with van der Waals surface area (Å²) in [7, 11) is 0. The largest absolute Gasteiger partial charge is 0.373 e. The van der Waals surface area contributed by atoms with Crippen molar-refractivity contribution in [3.63, 3.8) is 0 Å². The summed E-state index contributed by atoms with van der Waals surface area (Å²) in [6.45, 7) is 9.27. The van der Waals surface area contributed by atoms with Crippen molar-refractivity contribution in [3.05, 3.63) is 0 Å². The Labute approximate surface area is 81.2 Å². The van der Waals surface area contributed by atoms with Crippen molar-refractivity contribution in [3.8, 4) is 0 Å². The van der Waals surface area contributed by atoms with Crippen LogP contribution in [0.25, 0.3) is 0 Å². The summed E-state index contributed by atoms with van der Waals surface area (Å²) in [6.07, 6.45) is 1.84. The van der Waals surface area contributed by atoms with Crippen LogP contribution in [0.5, 0.6) is 0 Å². The molecule has 78 valence electrons. The van der Waals surface area contributed by atoms with Gasteiger partial charge in [-0.1, -0.05) is 6.92 Å². The van der Waals surface area contributed by atoms with Crippen molar-refractivity contribution in [2.45, 2.75) is 45.4 Å². The van der Waals surface area contributed by atoms with Gasteiger partial charge in [-0.05, 0) is 20.3 Å². The minimum absolute atomic E-state index is 0.351. The Bertz CT molecular complexity index is 138. The fourth-order valence-electron chi connectivity index (χ4n) is 2.09. The molecule has 0 aromatic heterocycles. The van der Waals surface area contributed by atoms with E-state index in [0.717, 1.165) is 26.1 Å². The van der Waals surface area contributed by atoms with Gasteiger partial charge >= 0.3 is 0 Å². The molecule has 3 heteroatoms. The highest BCUT2D eigenvalue weighted by Crippen LogP contribution is 2.14. The van der Waals surface area contributed by atoms with Crippen molar-refractivity contribution in [1.29, 1.82) is 0 Å². The van der Waals surface area contributed by atoms with E-state index in [4.69, 9.17) is 10.5 Å². The summed E-state index contributed by atoms with van der Waals surface area (Å²) in [4.78, 5) is 2.46. The highest BCUT2D eigenvalue weighted by atomic mass is 16.5. The molecule has 0 spiro atoms. The molecule has 0 aliphatic carbocycles. The van der Waals surface area contributed by atoms with Crippen LogP contribution in [-0.4, -0.2) is 42.8 Å². The number of hydrogen-bond donors (Lipinski definition) is 1. The van der Waals surface area contributed by atoms with E-state index < -0.39 is 0 Å². The minimum Gasteiger partial charge on any atom is -0.373 e. The molecule has 1 aliphatic heterocycles. The van der Waals surface area contributed by atoms with E-state index in [1.54, 1.807) is 0 Å². The Morgan fingerprint density at radius 2 is 1.92 bits per heavy atom. The van der Waals surface area contributed by atoms with E-state index in [9.17, 15) is 0 Å². The predicted octanol–water partition coefficient (Wildman–Crippen LogP) is 0.833. The Hall–Kier alpha value is -0.120. The molecule has 0 radical (unpaired) electrons. The molecule has 0 amide bonds. The summed E-state index contributed by atoms with van der Waals surface area (Å²) < 4.78 is 5.67. The second-order valence-corrected chi connectivity index (χ2v) is 4.01. The van der Waals surface area contributed by atoms with Crippen LogP contribution in [-0.2, 0) is 4.74 Å². The maximum atomic E-state index is 5.72. The average Bonchev–Trinajstić information content (AvgIpc) is 2.04. The molecule has 1 unspecified atom stereocenters. The van der Waals surface area contributed by atoms with E-state index in [1.807, 2.05) is 0 Å². The first-order valence-corrected chi connectivity index (χ1v) is 5.27. The zero-order valence-electron chi connectivity index (χ0n) is 8.99. The molecular weight excluding hydrogens is 164 g/mol. The van der Waals surface area contributed by atoms with Crippen LogP contribution in [0.3, 0.4) is 0 Å². The smallest absolute Gasteiger partial charge is 0.0678 e. The van der Waals surface area contributed by atoms with Crippen molar-refractivity contribution < 1.29 is 4.74 Å². The van der Waals surface area contributed by atoms with Crippen molar-refractivity contribution in [2.75, 3.05) is 19.6 Å². The molecule has 13 heavy (non-hydrogen) atoms. The number of ether oxygens (including phenoxy) is 1. The van der Waals surface area contributed by atoms with Crippen LogP contribution in [0.15, 0.2) is 0 Å². The lowest BCUT2D eigenvalue weighted by Gasteiger charge is -2.39. The second kappa shape index (κ2) is 4.94. The van der Waals surface area contributed by atoms with Crippen LogP contribution in [0.4, 0.5) is 0 Å². The van der Waals surface area contributed by atoms with Gasteiger partial charge in [-0.3, -0.25) is 4.90 Å². The van der Waals surface area contributed by atoms with Crippen molar-refractivity contribution in [1.82, 2.24) is 4.90 Å². The quantitative estimate of drug-likeness (QED) is 0.709. The van der Waals surface area contributed by atoms with Crippen LogP contribution in [0.2, 0.25) is 0 Å². The van der Waals surface area contributed by atoms with Crippen LogP contribution in [0, 0.1) is 0 Å². The lowest BCUT2D eigenvalue weighted by Crippen LogP contribution is -2.52. The number of morpholine rings is 1. The van der Waals surface area contributed by atoms with Gasteiger partial charge in [0.2, 0.25) is 0 Å². The van der Waals surface area contributed by atoms with Gasteiger partial charge in [0.15, 0.2) is 0 Å². The van der Waals surface area contributed by atoms with Gasteiger partial charge in [0.1, 0.15) is 0 Å². The highest BCUT2D eigenvalue weighted by molar-refractivity contribution is 4.79. The van der Waals surface area contributed by atoms with E-state index >= 15 is 0 Å². The molecule has 0 aromatic carbocycles. The summed E-state index contributed by atoms with van der Waals surface area (Å²) in [5.41, 5.74) is 5.72. The molecule has 1 rings (SSSR count). The lowest BCUT2D eigenvalue weighted by molar-refractivity contribution is -0.0796. The standard InChI is InChI=1S/C10H22N2O/c1-4-10(5-11)12-6-8(2)13-9(3)7-12/h8-10H,4-7,11H2,1-3H3/t8-,9+,10?. The highest BCUT2D eigenvalue weighted by Gasteiger charge is 2.25. The monoisotopic (exact) mass is 186 g/mol. The maximum Gasteiger partial charge on any atom is 0.0678 e. The summed E-state index contributed by atoms with van der Waals surface area (Å²) in [5.74, 6) is 0. The first-order valence-electron chi connectivity index (χ1n) is 5.27. The SMILES string of the molecule is CCC(CN)N1C[C@@H](C)O[C@@H](C)C1. The Morgan fingerprint density at radius 1 is 1.38 bits per heavy atom. The molecule has 3 atom stereocenters. The van der Waals surface area contributed by atoms with Crippen LogP contribution < -0.4 is 5.73 Å². The van der Waals surface area contributed by atoms with E-state index in [1.165, 1.54) is 0 Å². The average molecular weight is 186 g/mol. The van der Waals surface area contributed by atoms with E-state index in [-0.39, 0.29) is 0 Å². The Balaban J connectivity index is 2.48. The molecule has 3 nitrogen and oxygen atoms in total. The molecule has 0 saturated carbocycles.